The monoisotopic (exact) mass is 484 g/mol. The number of ether oxygens (including phenoxy) is 2. The third-order valence-electron chi connectivity index (χ3n) is 5.78. The van der Waals surface area contributed by atoms with Crippen LogP contribution in [-0.2, 0) is 22.3 Å². The van der Waals surface area contributed by atoms with Gasteiger partial charge in [0.05, 0.1) is 19.8 Å². The summed E-state index contributed by atoms with van der Waals surface area (Å²) < 4.78 is 52.8. The molecule has 8 heteroatoms. The molecule has 0 spiro atoms. The lowest BCUT2D eigenvalue weighted by Crippen LogP contribution is -2.36. The average molecular weight is 485 g/mol. The molecule has 1 aliphatic rings. The predicted octanol–water partition coefficient (Wildman–Crippen LogP) is 6.28. The van der Waals surface area contributed by atoms with Crippen molar-refractivity contribution in [2.24, 2.45) is 0 Å². The number of alkyl halides is 3. The van der Waals surface area contributed by atoms with Gasteiger partial charge in [0.1, 0.15) is 17.1 Å². The number of hydrogen-bond donors (Lipinski definition) is 0. The molecule has 0 N–H and O–H groups in total. The molecule has 0 unspecified atom stereocenters. The van der Waals surface area contributed by atoms with Crippen LogP contribution in [0.1, 0.15) is 24.5 Å². The SMILES string of the molecule is CCC(=O)N(Cc1cccc(N2CCOCC2)c1)c1ccc(Oc2ccccc2)c(C(F)(F)F)c1. The number of benzene rings is 3. The van der Waals surface area contributed by atoms with Crippen LogP contribution in [0.3, 0.4) is 0 Å². The highest BCUT2D eigenvalue weighted by molar-refractivity contribution is 5.93. The topological polar surface area (TPSA) is 42.0 Å². The van der Waals surface area contributed by atoms with Gasteiger partial charge in [0, 0.05) is 30.9 Å². The molecule has 0 aliphatic carbocycles. The maximum atomic E-state index is 14.0. The highest BCUT2D eigenvalue weighted by atomic mass is 19.4. The van der Waals surface area contributed by atoms with Crippen LogP contribution in [0.4, 0.5) is 24.5 Å². The molecule has 35 heavy (non-hydrogen) atoms. The Hall–Kier alpha value is -3.52. The number of amides is 1. The van der Waals surface area contributed by atoms with Gasteiger partial charge < -0.3 is 19.3 Å². The van der Waals surface area contributed by atoms with Gasteiger partial charge in [-0.2, -0.15) is 13.2 Å². The van der Waals surface area contributed by atoms with E-state index in [1.807, 2.05) is 24.3 Å². The quantitative estimate of drug-likeness (QED) is 0.396. The van der Waals surface area contributed by atoms with E-state index < -0.39 is 11.7 Å². The fourth-order valence-electron chi connectivity index (χ4n) is 3.98. The van der Waals surface area contributed by atoms with Crippen LogP contribution in [-0.4, -0.2) is 32.2 Å². The van der Waals surface area contributed by atoms with E-state index in [2.05, 4.69) is 4.90 Å². The second-order valence-electron chi connectivity index (χ2n) is 8.20. The van der Waals surface area contributed by atoms with Crippen LogP contribution < -0.4 is 14.5 Å². The Labute approximate surface area is 202 Å². The normalized spacial score (nSPS) is 14.0. The number of anilines is 2. The molecule has 0 aromatic heterocycles. The molecule has 0 atom stereocenters. The van der Waals surface area contributed by atoms with Crippen LogP contribution in [0.15, 0.2) is 72.8 Å². The van der Waals surface area contributed by atoms with Gasteiger partial charge in [0.15, 0.2) is 0 Å². The summed E-state index contributed by atoms with van der Waals surface area (Å²) in [7, 11) is 0. The van der Waals surface area contributed by atoms with Gasteiger partial charge in [0.2, 0.25) is 5.91 Å². The first kappa shape index (κ1) is 24.6. The zero-order valence-corrected chi connectivity index (χ0v) is 19.4. The number of carbonyl (C=O) groups is 1. The van der Waals surface area contributed by atoms with Crippen molar-refractivity contribution < 1.29 is 27.4 Å². The first-order valence-corrected chi connectivity index (χ1v) is 11.5. The molecule has 5 nitrogen and oxygen atoms in total. The fourth-order valence-corrected chi connectivity index (χ4v) is 3.98. The van der Waals surface area contributed by atoms with Gasteiger partial charge in [-0.25, -0.2) is 0 Å². The number of para-hydroxylation sites is 1. The second-order valence-corrected chi connectivity index (χ2v) is 8.20. The molecule has 4 rings (SSSR count). The standard InChI is InChI=1S/C27H27F3N2O3/c1-2-26(33)32(19-20-7-6-8-21(17-20)31-13-15-34-16-14-31)22-11-12-25(24(18-22)27(28,29)30)35-23-9-4-3-5-10-23/h3-12,17-18H,2,13-16,19H2,1H3. The van der Waals surface area contributed by atoms with E-state index in [1.165, 1.54) is 17.0 Å². The van der Waals surface area contributed by atoms with Crippen molar-refractivity contribution in [1.29, 1.82) is 0 Å². The van der Waals surface area contributed by atoms with Crippen LogP contribution in [0.5, 0.6) is 11.5 Å². The lowest BCUT2D eigenvalue weighted by atomic mass is 10.1. The molecule has 0 radical (unpaired) electrons. The molecule has 1 fully saturated rings. The Kier molecular flexibility index (Phi) is 7.60. The second kappa shape index (κ2) is 10.8. The lowest BCUT2D eigenvalue weighted by molar-refractivity contribution is -0.138. The van der Waals surface area contributed by atoms with Crippen LogP contribution in [0.25, 0.3) is 0 Å². The summed E-state index contributed by atoms with van der Waals surface area (Å²) in [6.45, 7) is 4.65. The van der Waals surface area contributed by atoms with E-state index in [9.17, 15) is 18.0 Å². The van der Waals surface area contributed by atoms with Gasteiger partial charge in [-0.1, -0.05) is 37.3 Å². The summed E-state index contributed by atoms with van der Waals surface area (Å²) in [4.78, 5) is 16.4. The summed E-state index contributed by atoms with van der Waals surface area (Å²) in [6.07, 6.45) is -4.50. The van der Waals surface area contributed by atoms with Crippen molar-refractivity contribution in [3.8, 4) is 11.5 Å². The molecule has 3 aromatic rings. The van der Waals surface area contributed by atoms with E-state index >= 15 is 0 Å². The molecule has 1 amide bonds. The third-order valence-corrected chi connectivity index (χ3v) is 5.78. The molecule has 0 saturated carbocycles. The van der Waals surface area contributed by atoms with E-state index in [4.69, 9.17) is 9.47 Å². The molecule has 184 valence electrons. The van der Waals surface area contributed by atoms with Gasteiger partial charge in [-0.3, -0.25) is 4.79 Å². The minimum Gasteiger partial charge on any atom is -0.457 e. The smallest absolute Gasteiger partial charge is 0.420 e. The van der Waals surface area contributed by atoms with E-state index in [1.54, 1.807) is 37.3 Å². The molecule has 1 aliphatic heterocycles. The van der Waals surface area contributed by atoms with Gasteiger partial charge in [0.25, 0.3) is 0 Å². The van der Waals surface area contributed by atoms with Crippen molar-refractivity contribution in [3.05, 3.63) is 83.9 Å². The summed E-state index contributed by atoms with van der Waals surface area (Å²) in [6, 6.07) is 19.8. The highest BCUT2D eigenvalue weighted by Crippen LogP contribution is 2.40. The Morgan fingerprint density at radius 1 is 1.00 bits per heavy atom. The van der Waals surface area contributed by atoms with Crippen LogP contribution >= 0.6 is 0 Å². The number of hydrogen-bond acceptors (Lipinski definition) is 4. The zero-order chi connectivity index (χ0) is 24.8. The number of morpholine rings is 1. The van der Waals surface area contributed by atoms with Crippen molar-refractivity contribution in [1.82, 2.24) is 0 Å². The number of halogens is 3. The van der Waals surface area contributed by atoms with Gasteiger partial charge in [-0.15, -0.1) is 0 Å². The predicted molar refractivity (Wildman–Crippen MR) is 129 cm³/mol. The molecule has 3 aromatic carbocycles. The minimum absolute atomic E-state index is 0.154. The molecular weight excluding hydrogens is 457 g/mol. The van der Waals surface area contributed by atoms with Crippen LogP contribution in [0.2, 0.25) is 0 Å². The molecule has 0 bridgehead atoms. The maximum absolute atomic E-state index is 14.0. The highest BCUT2D eigenvalue weighted by Gasteiger charge is 2.35. The summed E-state index contributed by atoms with van der Waals surface area (Å²) >= 11 is 0. The summed E-state index contributed by atoms with van der Waals surface area (Å²) in [5, 5.41) is 0. The van der Waals surface area contributed by atoms with Crippen LogP contribution in [0, 0.1) is 0 Å². The third kappa shape index (κ3) is 6.14. The maximum Gasteiger partial charge on any atom is 0.420 e. The summed E-state index contributed by atoms with van der Waals surface area (Å²) in [5.74, 6) is -0.288. The van der Waals surface area contributed by atoms with Crippen molar-refractivity contribution in [3.63, 3.8) is 0 Å². The van der Waals surface area contributed by atoms with E-state index in [-0.39, 0.29) is 30.3 Å². The van der Waals surface area contributed by atoms with Crippen molar-refractivity contribution in [2.45, 2.75) is 26.1 Å². The first-order chi connectivity index (χ1) is 16.8. The first-order valence-electron chi connectivity index (χ1n) is 11.5. The van der Waals surface area contributed by atoms with Crippen molar-refractivity contribution in [2.75, 3.05) is 36.1 Å². The Morgan fingerprint density at radius 3 is 2.43 bits per heavy atom. The molecule has 1 heterocycles. The zero-order valence-electron chi connectivity index (χ0n) is 19.4. The minimum atomic E-state index is -4.66. The number of rotatable bonds is 7. The molecular formula is C27H27F3N2O3. The van der Waals surface area contributed by atoms with E-state index in [0.29, 0.717) is 19.0 Å². The Bertz CT molecular complexity index is 1150. The van der Waals surface area contributed by atoms with E-state index in [0.717, 1.165) is 30.4 Å². The number of carbonyl (C=O) groups excluding carboxylic acids is 1. The largest absolute Gasteiger partial charge is 0.457 e. The molecule has 1 saturated heterocycles. The summed E-state index contributed by atoms with van der Waals surface area (Å²) in [5.41, 5.74) is 1.06. The van der Waals surface area contributed by atoms with Crippen molar-refractivity contribution >= 4 is 17.3 Å². The average Bonchev–Trinajstić information content (AvgIpc) is 2.88. The Morgan fingerprint density at radius 2 is 1.74 bits per heavy atom. The van der Waals surface area contributed by atoms with Gasteiger partial charge >= 0.3 is 6.18 Å². The Balaban J connectivity index is 1.65. The van der Waals surface area contributed by atoms with Gasteiger partial charge in [-0.05, 0) is 48.0 Å². The number of nitrogens with zero attached hydrogens (tertiary/aromatic N) is 2. The fraction of sp³-hybridized carbons (Fsp3) is 0.296. The lowest BCUT2D eigenvalue weighted by Gasteiger charge is -2.30.